The van der Waals surface area contributed by atoms with Crippen LogP contribution in [0.2, 0.25) is 0 Å². The number of hydrogen-bond acceptors (Lipinski definition) is 3. The van der Waals surface area contributed by atoms with Gasteiger partial charge in [0.1, 0.15) is 5.75 Å². The summed E-state index contributed by atoms with van der Waals surface area (Å²) in [7, 11) is 5.59. The predicted octanol–water partition coefficient (Wildman–Crippen LogP) is 4.21. The molecule has 0 aliphatic rings. The summed E-state index contributed by atoms with van der Waals surface area (Å²) in [5, 5.41) is 3.00. The minimum Gasteiger partial charge on any atom is -0.495 e. The van der Waals surface area contributed by atoms with Crippen molar-refractivity contribution in [3.05, 3.63) is 65.2 Å². The van der Waals surface area contributed by atoms with E-state index in [9.17, 15) is 4.79 Å². The maximum absolute atomic E-state index is 12.2. The molecule has 1 unspecified atom stereocenters. The van der Waals surface area contributed by atoms with Crippen molar-refractivity contribution in [2.24, 2.45) is 0 Å². The third kappa shape index (κ3) is 5.11. The van der Waals surface area contributed by atoms with Crippen LogP contribution in [0.15, 0.2) is 48.5 Å². The highest BCUT2D eigenvalue weighted by atomic mass is 16.5. The fourth-order valence-electron chi connectivity index (χ4n) is 2.62. The third-order valence-corrected chi connectivity index (χ3v) is 4.01. The third-order valence-electron chi connectivity index (χ3n) is 4.01. The molecule has 2 rings (SSSR count). The van der Waals surface area contributed by atoms with E-state index in [0.29, 0.717) is 0 Å². The Morgan fingerprint density at radius 2 is 2.00 bits per heavy atom. The molecule has 0 spiro atoms. The normalized spacial score (nSPS) is 12.0. The lowest BCUT2D eigenvalue weighted by molar-refractivity contribution is -0.117. The summed E-state index contributed by atoms with van der Waals surface area (Å²) < 4.78 is 5.38. The Bertz CT molecular complexity index is 772. The molecule has 2 aromatic rings. The Balaban J connectivity index is 0.00000338. The van der Waals surface area contributed by atoms with E-state index < -0.39 is 0 Å². The van der Waals surface area contributed by atoms with Gasteiger partial charge in [0.05, 0.1) is 18.8 Å². The first-order valence-electron chi connectivity index (χ1n) is 8.31. The number of hydrogen-bond donors (Lipinski definition) is 1. The number of amides is 1. The van der Waals surface area contributed by atoms with Crippen LogP contribution in [-0.2, 0) is 4.79 Å². The maximum Gasteiger partial charge on any atom is 0.244 e. The Kier molecular flexibility index (Phi) is 6.23. The molecule has 0 saturated carbocycles. The molecule has 2 aromatic carbocycles. The summed E-state index contributed by atoms with van der Waals surface area (Å²) in [5.74, 6) is 0.697. The van der Waals surface area contributed by atoms with Crippen LogP contribution in [0.5, 0.6) is 5.75 Å². The minimum absolute atomic E-state index is 0. The summed E-state index contributed by atoms with van der Waals surface area (Å²) in [5.41, 5.74) is 4.20. The first-order valence-corrected chi connectivity index (χ1v) is 8.31. The zero-order chi connectivity index (χ0) is 18.4. The van der Waals surface area contributed by atoms with Gasteiger partial charge in [0.15, 0.2) is 0 Å². The number of rotatable bonds is 6. The van der Waals surface area contributed by atoms with Gasteiger partial charge in [-0.3, -0.25) is 4.79 Å². The van der Waals surface area contributed by atoms with Crippen LogP contribution in [0.4, 0.5) is 5.69 Å². The first-order chi connectivity index (χ1) is 11.9. The summed E-state index contributed by atoms with van der Waals surface area (Å²) in [6, 6.07) is 13.9. The molecule has 0 radical (unpaired) electrons. The van der Waals surface area contributed by atoms with Crippen molar-refractivity contribution >= 4 is 17.7 Å². The van der Waals surface area contributed by atoms with Crippen LogP contribution in [0.1, 0.15) is 31.1 Å². The van der Waals surface area contributed by atoms with E-state index in [1.807, 2.05) is 81.4 Å². The number of carbonyl (C=O) groups is 1. The maximum atomic E-state index is 12.2. The second-order valence-electron chi connectivity index (χ2n) is 6.30. The van der Waals surface area contributed by atoms with Gasteiger partial charge in [0, 0.05) is 21.6 Å². The molecule has 1 atom stereocenters. The molecule has 0 aromatic heterocycles. The number of nitrogens with one attached hydrogen (secondary N) is 1. The number of aryl methyl sites for hydroxylation is 1. The quantitative estimate of drug-likeness (QED) is 0.801. The summed E-state index contributed by atoms with van der Waals surface area (Å²) in [6.45, 7) is 4.01. The van der Waals surface area contributed by atoms with Crippen LogP contribution in [-0.4, -0.2) is 27.1 Å². The van der Waals surface area contributed by atoms with Gasteiger partial charge >= 0.3 is 0 Å². The van der Waals surface area contributed by atoms with E-state index in [0.717, 1.165) is 22.6 Å². The van der Waals surface area contributed by atoms with Crippen LogP contribution < -0.4 is 15.0 Å². The number of methoxy groups -OCH3 is 1. The predicted molar refractivity (Wildman–Crippen MR) is 106 cm³/mol. The van der Waals surface area contributed by atoms with Crippen LogP contribution >= 0.6 is 0 Å². The molecule has 1 amide bonds. The highest BCUT2D eigenvalue weighted by Gasteiger charge is 2.12. The second-order valence-corrected chi connectivity index (χ2v) is 6.30. The van der Waals surface area contributed by atoms with E-state index in [4.69, 9.17) is 4.74 Å². The zero-order valence-electron chi connectivity index (χ0n) is 15.5. The van der Waals surface area contributed by atoms with Gasteiger partial charge in [0.2, 0.25) is 5.91 Å². The fourth-order valence-corrected chi connectivity index (χ4v) is 2.62. The van der Waals surface area contributed by atoms with Crippen molar-refractivity contribution < 1.29 is 11.0 Å². The molecule has 0 bridgehead atoms. The van der Waals surface area contributed by atoms with Crippen LogP contribution in [0.25, 0.3) is 6.08 Å². The Hall–Kier alpha value is -2.75. The number of anilines is 1. The van der Waals surface area contributed by atoms with Crippen molar-refractivity contribution in [3.8, 4) is 5.75 Å². The molecule has 1 N–H and O–H groups in total. The Labute approximate surface area is 151 Å². The first kappa shape index (κ1) is 18.6. The van der Waals surface area contributed by atoms with Crippen molar-refractivity contribution in [1.82, 2.24) is 5.32 Å². The van der Waals surface area contributed by atoms with Gasteiger partial charge in [0.25, 0.3) is 0 Å². The Morgan fingerprint density at radius 1 is 1.24 bits per heavy atom. The largest absolute Gasteiger partial charge is 0.495 e. The highest BCUT2D eigenvalue weighted by Crippen LogP contribution is 2.29. The second kappa shape index (κ2) is 8.38. The van der Waals surface area contributed by atoms with Gasteiger partial charge in [-0.2, -0.15) is 0 Å². The number of benzene rings is 2. The Morgan fingerprint density at radius 3 is 2.64 bits per heavy atom. The number of carbonyl (C=O) groups excluding carboxylic acids is 1. The zero-order valence-corrected chi connectivity index (χ0v) is 15.5. The summed E-state index contributed by atoms with van der Waals surface area (Å²) in [4.78, 5) is 14.2. The molecule has 0 heterocycles. The highest BCUT2D eigenvalue weighted by molar-refractivity contribution is 5.92. The van der Waals surface area contributed by atoms with E-state index in [1.54, 1.807) is 13.2 Å². The molecule has 4 heteroatoms. The SMILES string of the molecule is COc1ccc(C(C)NC(=O)/C=C/c2cccc(C)c2)cc1N(C)C.[HH]. The van der Waals surface area contributed by atoms with Gasteiger partial charge < -0.3 is 15.0 Å². The average Bonchev–Trinajstić information content (AvgIpc) is 2.59. The molecule has 134 valence electrons. The molecule has 25 heavy (non-hydrogen) atoms. The molecular formula is C21H28N2O2. The van der Waals surface area contributed by atoms with Gasteiger partial charge in [-0.15, -0.1) is 0 Å². The lowest BCUT2D eigenvalue weighted by Crippen LogP contribution is -2.25. The monoisotopic (exact) mass is 340 g/mol. The van der Waals surface area contributed by atoms with Gasteiger partial charge in [-0.1, -0.05) is 35.9 Å². The minimum atomic E-state index is -0.115. The fraction of sp³-hybridized carbons (Fsp3) is 0.286. The lowest BCUT2D eigenvalue weighted by atomic mass is 10.1. The van der Waals surface area contributed by atoms with Crippen molar-refractivity contribution in [1.29, 1.82) is 0 Å². The topological polar surface area (TPSA) is 41.6 Å². The van der Waals surface area contributed by atoms with Crippen molar-refractivity contribution in [3.63, 3.8) is 0 Å². The molecular weight excluding hydrogens is 312 g/mol. The molecule has 0 aliphatic carbocycles. The van der Waals surface area contributed by atoms with E-state index in [1.165, 1.54) is 5.56 Å². The van der Waals surface area contributed by atoms with E-state index >= 15 is 0 Å². The van der Waals surface area contributed by atoms with Gasteiger partial charge in [-0.05, 0) is 43.2 Å². The van der Waals surface area contributed by atoms with Crippen LogP contribution in [0, 0.1) is 6.92 Å². The van der Waals surface area contributed by atoms with Crippen molar-refractivity contribution in [2.45, 2.75) is 19.9 Å². The van der Waals surface area contributed by atoms with Crippen molar-refractivity contribution in [2.75, 3.05) is 26.1 Å². The number of nitrogens with zero attached hydrogens (tertiary/aromatic N) is 1. The average molecular weight is 340 g/mol. The standard InChI is InChI=1S/C21H26N2O2.H2/c1-15-7-6-8-17(13-15)9-12-21(24)22-16(2)18-10-11-20(25-5)19(14-18)23(3)4;/h6-14,16H,1-5H3,(H,22,24);1H/b12-9+;. The van der Waals surface area contributed by atoms with E-state index in [2.05, 4.69) is 5.32 Å². The summed E-state index contributed by atoms with van der Waals surface area (Å²) >= 11 is 0. The summed E-state index contributed by atoms with van der Waals surface area (Å²) in [6.07, 6.45) is 3.40. The molecule has 0 saturated heterocycles. The van der Waals surface area contributed by atoms with Gasteiger partial charge in [-0.25, -0.2) is 0 Å². The molecule has 4 nitrogen and oxygen atoms in total. The molecule has 0 fully saturated rings. The smallest absolute Gasteiger partial charge is 0.244 e. The van der Waals surface area contributed by atoms with Crippen LogP contribution in [0.3, 0.4) is 0 Å². The van der Waals surface area contributed by atoms with E-state index in [-0.39, 0.29) is 13.4 Å². The lowest BCUT2D eigenvalue weighted by Gasteiger charge is -2.20. The number of ether oxygens (including phenoxy) is 1. The molecule has 0 aliphatic heterocycles.